The van der Waals surface area contributed by atoms with E-state index in [2.05, 4.69) is 18.2 Å². The zero-order valence-corrected chi connectivity index (χ0v) is 25.8. The highest BCUT2D eigenvalue weighted by molar-refractivity contribution is 6.24. The summed E-state index contributed by atoms with van der Waals surface area (Å²) in [4.78, 5) is 0. The quantitative estimate of drug-likeness (QED) is 0.137. The van der Waals surface area contributed by atoms with Crippen molar-refractivity contribution in [2.24, 2.45) is 0 Å². The molecular formula is C48H30. The highest BCUT2D eigenvalue weighted by Crippen LogP contribution is 2.47. The third-order valence-corrected chi connectivity index (χ3v) is 9.63. The molecule has 0 aliphatic rings. The molecular weight excluding hydrogens is 577 g/mol. The topological polar surface area (TPSA) is 0 Å². The van der Waals surface area contributed by atoms with Gasteiger partial charge in [-0.3, -0.25) is 0 Å². The highest BCUT2D eigenvalue weighted by atomic mass is 14.2. The van der Waals surface area contributed by atoms with Crippen LogP contribution in [0.2, 0.25) is 0 Å². The standard InChI is InChI=1S/C48H30/c1-2-13-34-28-35(22-20-31(34)10-1)36-24-27-45-46(30-36)47(38-25-26-41-37(29-38)23-21-33-12-4-5-15-39(33)41)43-17-7-8-18-44(43)48(45)42-19-9-14-32-11-3-6-16-40(32)42/h1-30H/i7D,8D,17D,18D,24D,27D,30D. The van der Waals surface area contributed by atoms with Crippen molar-refractivity contribution in [3.63, 3.8) is 0 Å². The molecule has 10 rings (SSSR count). The van der Waals surface area contributed by atoms with Crippen LogP contribution in [-0.4, -0.2) is 0 Å². The van der Waals surface area contributed by atoms with Gasteiger partial charge in [-0.15, -0.1) is 0 Å². The van der Waals surface area contributed by atoms with E-state index >= 15 is 0 Å². The first-order valence-electron chi connectivity index (χ1n) is 19.6. The molecule has 0 aliphatic carbocycles. The first kappa shape index (κ1) is 20.8. The number of hydrogen-bond acceptors (Lipinski definition) is 0. The molecule has 0 unspecified atom stereocenters. The fourth-order valence-corrected chi connectivity index (χ4v) is 7.38. The molecule has 0 N–H and O–H groups in total. The third kappa shape index (κ3) is 4.16. The number of benzene rings is 10. The van der Waals surface area contributed by atoms with Crippen molar-refractivity contribution in [3.05, 3.63) is 182 Å². The molecule has 0 aromatic heterocycles. The molecule has 48 heavy (non-hydrogen) atoms. The molecule has 0 spiro atoms. The fraction of sp³-hybridized carbons (Fsp3) is 0. The van der Waals surface area contributed by atoms with Crippen molar-refractivity contribution in [2.75, 3.05) is 0 Å². The van der Waals surface area contributed by atoms with Gasteiger partial charge in [0.15, 0.2) is 0 Å². The van der Waals surface area contributed by atoms with Crippen LogP contribution in [0.5, 0.6) is 0 Å². The Balaban J connectivity index is 1.46. The summed E-state index contributed by atoms with van der Waals surface area (Å²) in [6.45, 7) is 0. The van der Waals surface area contributed by atoms with Crippen molar-refractivity contribution in [1.82, 2.24) is 0 Å². The summed E-state index contributed by atoms with van der Waals surface area (Å²) >= 11 is 0. The molecule has 0 nitrogen and oxygen atoms in total. The van der Waals surface area contributed by atoms with Gasteiger partial charge in [-0.2, -0.15) is 0 Å². The summed E-state index contributed by atoms with van der Waals surface area (Å²) in [6.07, 6.45) is 0. The lowest BCUT2D eigenvalue weighted by molar-refractivity contribution is 1.66. The molecule has 0 saturated carbocycles. The van der Waals surface area contributed by atoms with Gasteiger partial charge >= 0.3 is 0 Å². The summed E-state index contributed by atoms with van der Waals surface area (Å²) in [5, 5.41) is 9.06. The summed E-state index contributed by atoms with van der Waals surface area (Å²) in [7, 11) is 0. The van der Waals surface area contributed by atoms with E-state index in [0.717, 1.165) is 43.1 Å². The highest BCUT2D eigenvalue weighted by Gasteiger charge is 2.19. The predicted molar refractivity (Wildman–Crippen MR) is 208 cm³/mol. The average Bonchev–Trinajstić information content (AvgIpc) is 3.22. The number of rotatable bonds is 3. The monoisotopic (exact) mass is 613 g/mol. The second-order valence-corrected chi connectivity index (χ2v) is 12.3. The Morgan fingerprint density at radius 3 is 1.75 bits per heavy atom. The molecule has 222 valence electrons. The maximum atomic E-state index is 10.1. The van der Waals surface area contributed by atoms with Crippen molar-refractivity contribution >= 4 is 64.6 Å². The van der Waals surface area contributed by atoms with Crippen LogP contribution in [0.4, 0.5) is 0 Å². The normalized spacial score (nSPS) is 13.8. The maximum Gasteiger partial charge on any atom is 0.0636 e. The Morgan fingerprint density at radius 2 is 0.896 bits per heavy atom. The van der Waals surface area contributed by atoms with Crippen LogP contribution < -0.4 is 0 Å². The largest absolute Gasteiger partial charge is 0.0636 e. The van der Waals surface area contributed by atoms with Crippen LogP contribution in [0.1, 0.15) is 9.60 Å². The van der Waals surface area contributed by atoms with E-state index in [-0.39, 0.29) is 53.1 Å². The van der Waals surface area contributed by atoms with Crippen LogP contribution in [-0.2, 0) is 0 Å². The Bertz CT molecular complexity index is 3290. The van der Waals surface area contributed by atoms with Gasteiger partial charge in [-0.05, 0) is 116 Å². The summed E-state index contributed by atoms with van der Waals surface area (Å²) in [6, 6.07) is 44.2. The van der Waals surface area contributed by atoms with Crippen molar-refractivity contribution < 1.29 is 9.60 Å². The van der Waals surface area contributed by atoms with Crippen molar-refractivity contribution in [3.8, 4) is 33.4 Å². The minimum atomic E-state index is -0.384. The van der Waals surface area contributed by atoms with Gasteiger partial charge in [0.25, 0.3) is 0 Å². The van der Waals surface area contributed by atoms with Gasteiger partial charge in [-0.25, -0.2) is 0 Å². The first-order valence-corrected chi connectivity index (χ1v) is 16.1. The smallest absolute Gasteiger partial charge is 0.0616 e. The maximum absolute atomic E-state index is 10.1. The van der Waals surface area contributed by atoms with Gasteiger partial charge in [0, 0.05) is 0 Å². The minimum absolute atomic E-state index is 0.0238. The Labute approximate surface area is 289 Å². The van der Waals surface area contributed by atoms with E-state index in [1.807, 2.05) is 121 Å². The predicted octanol–water partition coefficient (Wildman–Crippen LogP) is 13.6. The zero-order valence-electron chi connectivity index (χ0n) is 32.8. The lowest BCUT2D eigenvalue weighted by Gasteiger charge is -2.20. The Kier molecular flexibility index (Phi) is 4.62. The molecule has 0 atom stereocenters. The third-order valence-electron chi connectivity index (χ3n) is 9.63. The first-order chi connectivity index (χ1) is 26.7. The molecule has 0 aliphatic heterocycles. The van der Waals surface area contributed by atoms with Gasteiger partial charge < -0.3 is 0 Å². The minimum Gasteiger partial charge on any atom is -0.0616 e. The Hall–Kier alpha value is -6.24. The van der Waals surface area contributed by atoms with E-state index in [4.69, 9.17) is 2.74 Å². The van der Waals surface area contributed by atoms with Crippen LogP contribution in [0.3, 0.4) is 0 Å². The summed E-state index contributed by atoms with van der Waals surface area (Å²) in [5.74, 6) is 0. The molecule has 0 heteroatoms. The number of hydrogen-bond donors (Lipinski definition) is 0. The molecule has 0 saturated heterocycles. The van der Waals surface area contributed by atoms with Gasteiger partial charge in [-0.1, -0.05) is 164 Å². The summed E-state index contributed by atoms with van der Waals surface area (Å²) < 4.78 is 66.3. The molecule has 0 amide bonds. The van der Waals surface area contributed by atoms with Gasteiger partial charge in [0.05, 0.1) is 9.60 Å². The van der Waals surface area contributed by atoms with Crippen LogP contribution in [0, 0.1) is 0 Å². The van der Waals surface area contributed by atoms with Crippen molar-refractivity contribution in [2.45, 2.75) is 0 Å². The van der Waals surface area contributed by atoms with Crippen LogP contribution >= 0.6 is 0 Å². The molecule has 0 heterocycles. The average molecular weight is 614 g/mol. The van der Waals surface area contributed by atoms with Crippen molar-refractivity contribution in [1.29, 1.82) is 0 Å². The van der Waals surface area contributed by atoms with Gasteiger partial charge in [0.1, 0.15) is 0 Å². The van der Waals surface area contributed by atoms with E-state index in [0.29, 0.717) is 44.2 Å². The van der Waals surface area contributed by atoms with Crippen LogP contribution in [0.15, 0.2) is 182 Å². The SMILES string of the molecule is [2H]c1c([2H])c([2H])c2c(-c3cccc4ccccc34)c3c([2H])c([2H])c(-c4ccc5ccccc5c4)c([2H])c3c(-c3ccc4c(ccc5ccccc54)c3)c2c1[2H]. The second-order valence-electron chi connectivity index (χ2n) is 12.3. The molecule has 10 aromatic rings. The lowest BCUT2D eigenvalue weighted by atomic mass is 9.83. The summed E-state index contributed by atoms with van der Waals surface area (Å²) in [5.41, 5.74) is 3.10. The molecule has 0 fully saturated rings. The lowest BCUT2D eigenvalue weighted by Crippen LogP contribution is -1.93. The van der Waals surface area contributed by atoms with Crippen LogP contribution in [0.25, 0.3) is 98.0 Å². The number of fused-ring (bicyclic) bond motifs is 7. The Morgan fingerprint density at radius 1 is 0.312 bits per heavy atom. The van der Waals surface area contributed by atoms with Gasteiger partial charge in [0.2, 0.25) is 0 Å². The van der Waals surface area contributed by atoms with E-state index in [1.54, 1.807) is 0 Å². The second kappa shape index (κ2) is 10.7. The zero-order chi connectivity index (χ0) is 37.7. The van der Waals surface area contributed by atoms with E-state index in [1.165, 1.54) is 0 Å². The molecule has 0 bridgehead atoms. The molecule has 0 radical (unpaired) electrons. The van der Waals surface area contributed by atoms with E-state index in [9.17, 15) is 6.85 Å². The fourth-order valence-electron chi connectivity index (χ4n) is 7.38. The van der Waals surface area contributed by atoms with E-state index < -0.39 is 0 Å². The molecule has 10 aromatic carbocycles.